The third-order valence-electron chi connectivity index (χ3n) is 4.52. The number of fused-ring (bicyclic) bond motifs is 1. The van der Waals surface area contributed by atoms with Crippen molar-refractivity contribution < 1.29 is 19.1 Å². The van der Waals surface area contributed by atoms with E-state index in [0.717, 1.165) is 28.2 Å². The average Bonchev–Trinajstić information content (AvgIpc) is 3.20. The van der Waals surface area contributed by atoms with Crippen LogP contribution in [0.15, 0.2) is 65.7 Å². The Morgan fingerprint density at radius 1 is 1.07 bits per heavy atom. The number of thioether (sulfide) groups is 1. The predicted octanol–water partition coefficient (Wildman–Crippen LogP) is 4.45. The number of ether oxygens (including phenoxy) is 1. The fourth-order valence-electron chi connectivity index (χ4n) is 3.28. The minimum absolute atomic E-state index is 0.0771. The molecule has 3 aromatic rings. The third-order valence-corrected chi connectivity index (χ3v) is 5.39. The molecule has 146 valence electrons. The van der Waals surface area contributed by atoms with Gasteiger partial charge in [-0.3, -0.25) is 14.4 Å². The summed E-state index contributed by atoms with van der Waals surface area (Å²) in [6.07, 6.45) is 3.51. The van der Waals surface area contributed by atoms with E-state index in [2.05, 4.69) is 0 Å². The highest BCUT2D eigenvalue weighted by Gasteiger charge is 2.36. The Morgan fingerprint density at radius 2 is 1.79 bits per heavy atom. The number of imide groups is 1. The van der Waals surface area contributed by atoms with Crippen molar-refractivity contribution in [3.05, 3.63) is 71.3 Å². The van der Waals surface area contributed by atoms with Crippen molar-refractivity contribution >= 4 is 51.5 Å². The Balaban J connectivity index is 1.70. The monoisotopic (exact) mass is 406 g/mol. The molecule has 1 aromatic heterocycles. The highest BCUT2D eigenvalue weighted by Crippen LogP contribution is 2.36. The van der Waals surface area contributed by atoms with Crippen molar-refractivity contribution in [3.63, 3.8) is 0 Å². The first-order valence-electron chi connectivity index (χ1n) is 9.15. The van der Waals surface area contributed by atoms with Gasteiger partial charge in [-0.15, -0.1) is 0 Å². The number of amides is 2. The molecule has 0 saturated carbocycles. The van der Waals surface area contributed by atoms with Crippen LogP contribution in [-0.2, 0) is 20.9 Å². The van der Waals surface area contributed by atoms with Gasteiger partial charge in [0.15, 0.2) is 0 Å². The number of esters is 1. The standard InChI is InChI=1S/C22H18N2O4S/c1-2-28-20(25)14-23-13-15(17-10-6-7-11-18(17)23)12-19-21(26)24(22(27)29-19)16-8-4-3-5-9-16/h3-13H,2,14H2,1H3/b19-12-. The largest absolute Gasteiger partial charge is 0.465 e. The molecule has 0 aliphatic carbocycles. The maximum Gasteiger partial charge on any atom is 0.325 e. The van der Waals surface area contributed by atoms with Gasteiger partial charge in [0, 0.05) is 22.7 Å². The van der Waals surface area contributed by atoms with E-state index in [1.54, 1.807) is 48.0 Å². The van der Waals surface area contributed by atoms with Crippen molar-refractivity contribution in [2.45, 2.75) is 13.5 Å². The van der Waals surface area contributed by atoms with Gasteiger partial charge in [0.2, 0.25) is 0 Å². The molecular weight excluding hydrogens is 388 g/mol. The second kappa shape index (κ2) is 7.97. The summed E-state index contributed by atoms with van der Waals surface area (Å²) in [5.74, 6) is -0.683. The van der Waals surface area contributed by atoms with Crippen LogP contribution in [0.2, 0.25) is 0 Å². The molecule has 7 heteroatoms. The molecule has 2 heterocycles. The van der Waals surface area contributed by atoms with Crippen LogP contribution in [0.3, 0.4) is 0 Å². The molecular formula is C22H18N2O4S. The molecule has 29 heavy (non-hydrogen) atoms. The summed E-state index contributed by atoms with van der Waals surface area (Å²) in [6.45, 7) is 2.16. The Hall–Kier alpha value is -3.32. The zero-order valence-electron chi connectivity index (χ0n) is 15.7. The van der Waals surface area contributed by atoms with Gasteiger partial charge in [-0.25, -0.2) is 4.90 Å². The van der Waals surface area contributed by atoms with Crippen LogP contribution in [0.1, 0.15) is 12.5 Å². The van der Waals surface area contributed by atoms with Crippen molar-refractivity contribution in [2.75, 3.05) is 11.5 Å². The molecule has 2 amide bonds. The second-order valence-electron chi connectivity index (χ2n) is 6.39. The quantitative estimate of drug-likeness (QED) is 0.463. The molecule has 1 aliphatic heterocycles. The summed E-state index contributed by atoms with van der Waals surface area (Å²) in [5.41, 5.74) is 2.17. The minimum atomic E-state index is -0.353. The topological polar surface area (TPSA) is 68.6 Å². The lowest BCUT2D eigenvalue weighted by Gasteiger charge is -2.11. The number of carbonyl (C=O) groups excluding carboxylic acids is 3. The lowest BCUT2D eigenvalue weighted by molar-refractivity contribution is -0.143. The molecule has 0 bridgehead atoms. The van der Waals surface area contributed by atoms with Crippen LogP contribution in [-0.4, -0.2) is 28.3 Å². The summed E-state index contributed by atoms with van der Waals surface area (Å²) in [4.78, 5) is 38.8. The smallest absolute Gasteiger partial charge is 0.325 e. The second-order valence-corrected chi connectivity index (χ2v) is 7.38. The fraction of sp³-hybridized carbons (Fsp3) is 0.136. The first kappa shape index (κ1) is 19.0. The number of rotatable bonds is 5. The summed E-state index contributed by atoms with van der Waals surface area (Å²) < 4.78 is 6.84. The lowest BCUT2D eigenvalue weighted by atomic mass is 10.1. The van der Waals surface area contributed by atoms with Gasteiger partial charge in [-0.05, 0) is 43.0 Å². The summed E-state index contributed by atoms with van der Waals surface area (Å²) in [7, 11) is 0. The number of para-hydroxylation sites is 2. The highest BCUT2D eigenvalue weighted by molar-refractivity contribution is 8.19. The maximum absolute atomic E-state index is 12.9. The van der Waals surface area contributed by atoms with Gasteiger partial charge in [0.25, 0.3) is 11.1 Å². The molecule has 1 saturated heterocycles. The zero-order chi connectivity index (χ0) is 20.4. The van der Waals surface area contributed by atoms with E-state index < -0.39 is 0 Å². The van der Waals surface area contributed by atoms with E-state index in [9.17, 15) is 14.4 Å². The number of hydrogen-bond acceptors (Lipinski definition) is 5. The highest BCUT2D eigenvalue weighted by atomic mass is 32.2. The zero-order valence-corrected chi connectivity index (χ0v) is 16.5. The molecule has 4 rings (SSSR count). The summed E-state index contributed by atoms with van der Waals surface area (Å²) in [6, 6.07) is 16.5. The van der Waals surface area contributed by atoms with Crippen LogP contribution in [0, 0.1) is 0 Å². The normalized spacial score (nSPS) is 15.5. The van der Waals surface area contributed by atoms with Gasteiger partial charge in [0.05, 0.1) is 17.2 Å². The van der Waals surface area contributed by atoms with E-state index >= 15 is 0 Å². The van der Waals surface area contributed by atoms with Gasteiger partial charge < -0.3 is 9.30 Å². The first-order valence-corrected chi connectivity index (χ1v) is 9.96. The molecule has 0 N–H and O–H groups in total. The SMILES string of the molecule is CCOC(=O)Cn1cc(/C=C2\SC(=O)N(c3ccccc3)C2=O)c2ccccc21. The number of nitrogens with zero attached hydrogens (tertiary/aromatic N) is 2. The summed E-state index contributed by atoms with van der Waals surface area (Å²) >= 11 is 0.909. The first-order chi connectivity index (χ1) is 14.1. The van der Waals surface area contributed by atoms with Crippen LogP contribution >= 0.6 is 11.8 Å². The molecule has 6 nitrogen and oxygen atoms in total. The van der Waals surface area contributed by atoms with Crippen molar-refractivity contribution in [1.82, 2.24) is 4.57 Å². The van der Waals surface area contributed by atoms with Crippen LogP contribution in [0.25, 0.3) is 17.0 Å². The minimum Gasteiger partial charge on any atom is -0.465 e. The Kier molecular flexibility index (Phi) is 5.22. The predicted molar refractivity (Wildman–Crippen MR) is 113 cm³/mol. The molecule has 1 fully saturated rings. The average molecular weight is 406 g/mol. The molecule has 2 aromatic carbocycles. The molecule has 0 spiro atoms. The van der Waals surface area contributed by atoms with Crippen LogP contribution in [0.5, 0.6) is 0 Å². The van der Waals surface area contributed by atoms with Crippen molar-refractivity contribution in [3.8, 4) is 0 Å². The number of aromatic nitrogens is 1. The number of hydrogen-bond donors (Lipinski definition) is 0. The Morgan fingerprint density at radius 3 is 2.55 bits per heavy atom. The van der Waals surface area contributed by atoms with E-state index in [-0.39, 0.29) is 23.7 Å². The molecule has 0 atom stereocenters. The molecule has 1 aliphatic rings. The van der Waals surface area contributed by atoms with Crippen molar-refractivity contribution in [2.24, 2.45) is 0 Å². The maximum atomic E-state index is 12.9. The van der Waals surface area contributed by atoms with Gasteiger partial charge in [0.1, 0.15) is 6.54 Å². The molecule has 0 radical (unpaired) electrons. The lowest BCUT2D eigenvalue weighted by Crippen LogP contribution is -2.27. The van der Waals surface area contributed by atoms with Gasteiger partial charge in [-0.1, -0.05) is 36.4 Å². The van der Waals surface area contributed by atoms with Gasteiger partial charge >= 0.3 is 5.97 Å². The number of benzene rings is 2. The number of anilines is 1. The van der Waals surface area contributed by atoms with E-state index in [1.165, 1.54) is 4.90 Å². The van der Waals surface area contributed by atoms with Gasteiger partial charge in [-0.2, -0.15) is 0 Å². The van der Waals surface area contributed by atoms with Crippen LogP contribution < -0.4 is 4.90 Å². The van der Waals surface area contributed by atoms with Crippen molar-refractivity contribution in [1.29, 1.82) is 0 Å². The van der Waals surface area contributed by atoms with E-state index in [1.807, 2.05) is 30.3 Å². The van der Waals surface area contributed by atoms with E-state index in [0.29, 0.717) is 17.2 Å². The Labute approximate surface area is 171 Å². The summed E-state index contributed by atoms with van der Waals surface area (Å²) in [5, 5.41) is 0.561. The van der Waals surface area contributed by atoms with Crippen LogP contribution in [0.4, 0.5) is 10.5 Å². The molecule has 0 unspecified atom stereocenters. The number of carbonyl (C=O) groups is 3. The fourth-order valence-corrected chi connectivity index (χ4v) is 4.11. The van der Waals surface area contributed by atoms with E-state index in [4.69, 9.17) is 4.74 Å². The third kappa shape index (κ3) is 3.69. The Bertz CT molecular complexity index is 1130.